The van der Waals surface area contributed by atoms with Gasteiger partial charge < -0.3 is 5.11 Å². The van der Waals surface area contributed by atoms with Gasteiger partial charge in [0.25, 0.3) is 0 Å². The molecule has 4 nitrogen and oxygen atoms in total. The number of nitrogens with zero attached hydrogens (tertiary/aromatic N) is 2. The summed E-state index contributed by atoms with van der Waals surface area (Å²) in [5.74, 6) is 0. The minimum Gasteiger partial charge on any atom is -0.392 e. The summed E-state index contributed by atoms with van der Waals surface area (Å²) in [5.41, 5.74) is 0. The van der Waals surface area contributed by atoms with Crippen LogP contribution >= 0.6 is 11.8 Å². The Morgan fingerprint density at radius 1 is 1.46 bits per heavy atom. The summed E-state index contributed by atoms with van der Waals surface area (Å²) in [7, 11) is 0. The Morgan fingerprint density at radius 2 is 2.31 bits per heavy atom. The fourth-order valence-corrected chi connectivity index (χ4v) is 2.69. The molecule has 5 heteroatoms. The molecule has 0 bridgehead atoms. The molecule has 1 aliphatic rings. The lowest BCUT2D eigenvalue weighted by molar-refractivity contribution is 0.137. The molecule has 13 heavy (non-hydrogen) atoms. The van der Waals surface area contributed by atoms with E-state index in [1.807, 2.05) is 0 Å². The van der Waals surface area contributed by atoms with Crippen molar-refractivity contribution in [3.8, 4) is 0 Å². The molecule has 0 amide bonds. The average Bonchev–Trinajstić information content (AvgIpc) is 2.61. The van der Waals surface area contributed by atoms with Gasteiger partial charge in [0.2, 0.25) is 0 Å². The van der Waals surface area contributed by atoms with Gasteiger partial charge in [-0.25, -0.2) is 4.98 Å². The summed E-state index contributed by atoms with van der Waals surface area (Å²) >= 11 is 1.60. The van der Waals surface area contributed by atoms with Gasteiger partial charge in [0.15, 0.2) is 5.16 Å². The predicted octanol–water partition coefficient (Wildman–Crippen LogP) is 1.20. The molecule has 1 fully saturated rings. The molecule has 0 aliphatic heterocycles. The number of thioether (sulfide) groups is 1. The predicted molar refractivity (Wildman–Crippen MR) is 50.5 cm³/mol. The lowest BCUT2D eigenvalue weighted by Crippen LogP contribution is -2.26. The molecule has 0 aromatic carbocycles. The standard InChI is InChI=1S/C8H13N3OS/c12-6-3-1-2-4-7(6)13-8-9-5-10-11-8/h5-7,12H,1-4H2,(H,9,10,11). The highest BCUT2D eigenvalue weighted by Gasteiger charge is 2.24. The van der Waals surface area contributed by atoms with Crippen LogP contribution in [0.3, 0.4) is 0 Å². The van der Waals surface area contributed by atoms with Gasteiger partial charge in [-0.3, -0.25) is 5.10 Å². The van der Waals surface area contributed by atoms with Gasteiger partial charge in [0, 0.05) is 5.25 Å². The van der Waals surface area contributed by atoms with Crippen LogP contribution in [0.15, 0.2) is 11.5 Å². The van der Waals surface area contributed by atoms with Crippen LogP contribution in [0.1, 0.15) is 25.7 Å². The highest BCUT2D eigenvalue weighted by Crippen LogP contribution is 2.31. The minimum absolute atomic E-state index is 0.177. The van der Waals surface area contributed by atoms with E-state index >= 15 is 0 Å². The largest absolute Gasteiger partial charge is 0.392 e. The molecule has 1 heterocycles. The topological polar surface area (TPSA) is 61.8 Å². The lowest BCUT2D eigenvalue weighted by atomic mass is 9.97. The quantitative estimate of drug-likeness (QED) is 0.751. The van der Waals surface area contributed by atoms with Gasteiger partial charge >= 0.3 is 0 Å². The minimum atomic E-state index is -0.177. The maximum absolute atomic E-state index is 9.68. The second-order valence-electron chi connectivity index (χ2n) is 3.30. The lowest BCUT2D eigenvalue weighted by Gasteiger charge is -2.25. The van der Waals surface area contributed by atoms with Crippen molar-refractivity contribution in [1.82, 2.24) is 15.2 Å². The van der Waals surface area contributed by atoms with Crippen LogP contribution in [0.5, 0.6) is 0 Å². The van der Waals surface area contributed by atoms with Crippen molar-refractivity contribution in [2.45, 2.75) is 42.2 Å². The SMILES string of the molecule is OC1CCCCC1Sc1ncn[nH]1. The number of hydrogen-bond acceptors (Lipinski definition) is 4. The number of aromatic nitrogens is 3. The summed E-state index contributed by atoms with van der Waals surface area (Å²) in [6.45, 7) is 0. The van der Waals surface area contributed by atoms with Crippen LogP contribution in [0, 0.1) is 0 Å². The fourth-order valence-electron chi connectivity index (χ4n) is 1.61. The average molecular weight is 199 g/mol. The molecule has 72 valence electrons. The normalized spacial score (nSPS) is 29.0. The third-order valence-electron chi connectivity index (χ3n) is 2.32. The van der Waals surface area contributed by atoms with Crippen molar-refractivity contribution < 1.29 is 5.11 Å². The van der Waals surface area contributed by atoms with Crippen LogP contribution in [0.25, 0.3) is 0 Å². The van der Waals surface area contributed by atoms with Crippen molar-refractivity contribution in [3.05, 3.63) is 6.33 Å². The van der Waals surface area contributed by atoms with Crippen molar-refractivity contribution in [2.75, 3.05) is 0 Å². The van der Waals surface area contributed by atoms with Crippen LogP contribution in [-0.4, -0.2) is 31.6 Å². The number of hydrogen-bond donors (Lipinski definition) is 2. The van der Waals surface area contributed by atoms with Crippen molar-refractivity contribution in [3.63, 3.8) is 0 Å². The highest BCUT2D eigenvalue weighted by atomic mass is 32.2. The molecule has 1 aromatic rings. The molecule has 0 saturated heterocycles. The third kappa shape index (κ3) is 2.22. The highest BCUT2D eigenvalue weighted by molar-refractivity contribution is 7.99. The Bertz CT molecular complexity index is 252. The zero-order chi connectivity index (χ0) is 9.10. The monoisotopic (exact) mass is 199 g/mol. The second kappa shape index (κ2) is 4.11. The smallest absolute Gasteiger partial charge is 0.183 e. The van der Waals surface area contributed by atoms with Crippen LogP contribution < -0.4 is 0 Å². The van der Waals surface area contributed by atoms with E-state index in [0.29, 0.717) is 5.25 Å². The van der Waals surface area contributed by atoms with Crippen LogP contribution in [0.4, 0.5) is 0 Å². The zero-order valence-corrected chi connectivity index (χ0v) is 8.13. The summed E-state index contributed by atoms with van der Waals surface area (Å²) in [6, 6.07) is 0. The van der Waals surface area contributed by atoms with Crippen LogP contribution in [-0.2, 0) is 0 Å². The van der Waals surface area contributed by atoms with E-state index < -0.39 is 0 Å². The van der Waals surface area contributed by atoms with Gasteiger partial charge in [-0.15, -0.1) is 0 Å². The number of aliphatic hydroxyl groups is 1. The first-order valence-corrected chi connectivity index (χ1v) is 5.44. The third-order valence-corrected chi connectivity index (χ3v) is 3.60. The summed E-state index contributed by atoms with van der Waals surface area (Å²) in [6.07, 6.45) is 5.68. The van der Waals surface area contributed by atoms with Gasteiger partial charge in [-0.05, 0) is 12.8 Å². The summed E-state index contributed by atoms with van der Waals surface area (Å²) in [5, 5.41) is 17.4. The molecule has 2 N–H and O–H groups in total. The zero-order valence-electron chi connectivity index (χ0n) is 7.31. The molecule has 0 spiro atoms. The number of H-pyrrole nitrogens is 1. The fraction of sp³-hybridized carbons (Fsp3) is 0.750. The number of nitrogens with one attached hydrogen (secondary N) is 1. The Morgan fingerprint density at radius 3 is 3.00 bits per heavy atom. The van der Waals surface area contributed by atoms with E-state index in [2.05, 4.69) is 15.2 Å². The van der Waals surface area contributed by atoms with Gasteiger partial charge in [-0.1, -0.05) is 24.6 Å². The van der Waals surface area contributed by atoms with Crippen LogP contribution in [0.2, 0.25) is 0 Å². The molecular weight excluding hydrogens is 186 g/mol. The Kier molecular flexibility index (Phi) is 2.85. The molecule has 1 aromatic heterocycles. The number of rotatable bonds is 2. The number of aliphatic hydroxyl groups excluding tert-OH is 1. The Labute approximate surface area is 81.1 Å². The molecule has 2 atom stereocenters. The molecule has 1 saturated carbocycles. The van der Waals surface area contributed by atoms with Crippen molar-refractivity contribution >= 4 is 11.8 Å². The maximum Gasteiger partial charge on any atom is 0.183 e. The van der Waals surface area contributed by atoms with E-state index in [1.165, 1.54) is 12.7 Å². The first-order valence-electron chi connectivity index (χ1n) is 4.56. The number of aromatic amines is 1. The molecule has 2 unspecified atom stereocenters. The summed E-state index contributed by atoms with van der Waals surface area (Å²) in [4.78, 5) is 4.03. The Balaban J connectivity index is 1.93. The van der Waals surface area contributed by atoms with E-state index in [0.717, 1.165) is 24.4 Å². The van der Waals surface area contributed by atoms with E-state index in [-0.39, 0.29) is 6.10 Å². The molecular formula is C8H13N3OS. The van der Waals surface area contributed by atoms with Gasteiger partial charge in [-0.2, -0.15) is 5.10 Å². The van der Waals surface area contributed by atoms with E-state index in [9.17, 15) is 5.11 Å². The van der Waals surface area contributed by atoms with Gasteiger partial charge in [0.1, 0.15) is 6.33 Å². The van der Waals surface area contributed by atoms with Crippen molar-refractivity contribution in [2.24, 2.45) is 0 Å². The first kappa shape index (κ1) is 9.02. The Hall–Kier alpha value is -0.550. The van der Waals surface area contributed by atoms with Crippen molar-refractivity contribution in [1.29, 1.82) is 0 Å². The van der Waals surface area contributed by atoms with Gasteiger partial charge in [0.05, 0.1) is 6.10 Å². The first-order chi connectivity index (χ1) is 6.36. The molecule has 2 rings (SSSR count). The molecule has 0 radical (unpaired) electrons. The second-order valence-corrected chi connectivity index (χ2v) is 4.53. The maximum atomic E-state index is 9.68. The summed E-state index contributed by atoms with van der Waals surface area (Å²) < 4.78 is 0. The molecule has 1 aliphatic carbocycles. The van der Waals surface area contributed by atoms with E-state index in [4.69, 9.17) is 0 Å². The van der Waals surface area contributed by atoms with E-state index in [1.54, 1.807) is 11.8 Å².